The lowest BCUT2D eigenvalue weighted by Crippen LogP contribution is -2.39. The van der Waals surface area contributed by atoms with E-state index in [2.05, 4.69) is 5.32 Å². The number of para-hydroxylation sites is 1. The molecule has 0 aliphatic carbocycles. The molecule has 1 atom stereocenters. The number of amides is 3. The first-order chi connectivity index (χ1) is 17.2. The van der Waals surface area contributed by atoms with E-state index in [1.807, 2.05) is 0 Å². The number of carbonyl (C=O) groups is 3. The van der Waals surface area contributed by atoms with Crippen molar-refractivity contribution in [2.75, 3.05) is 35.4 Å². The number of nitrogens with one attached hydrogen (secondary N) is 1. The third kappa shape index (κ3) is 4.40. The van der Waals surface area contributed by atoms with Crippen LogP contribution in [0.15, 0.2) is 53.4 Å². The van der Waals surface area contributed by atoms with Gasteiger partial charge in [0.2, 0.25) is 5.91 Å². The van der Waals surface area contributed by atoms with Gasteiger partial charge in [0.05, 0.1) is 40.8 Å². The first kappa shape index (κ1) is 24.5. The molecule has 2 fully saturated rings. The molecule has 0 spiro atoms. The van der Waals surface area contributed by atoms with Crippen LogP contribution in [0.2, 0.25) is 0 Å². The fraction of sp³-hybridized carbons (Fsp3) is 0.250. The second-order valence-electron chi connectivity index (χ2n) is 8.49. The zero-order valence-corrected chi connectivity index (χ0v) is 21.5. The van der Waals surface area contributed by atoms with Crippen molar-refractivity contribution < 1.29 is 27.5 Å². The summed E-state index contributed by atoms with van der Waals surface area (Å²) in [6, 6.07) is 13.2. The zero-order chi connectivity index (χ0) is 25.6. The average Bonchev–Trinajstić information content (AvgIpc) is 3.44. The van der Waals surface area contributed by atoms with Crippen LogP contribution in [0.3, 0.4) is 0 Å². The van der Waals surface area contributed by atoms with E-state index in [0.717, 1.165) is 11.8 Å². The number of benzene rings is 2. The number of anilines is 2. The summed E-state index contributed by atoms with van der Waals surface area (Å²) < 4.78 is 29.3. The molecule has 3 aliphatic heterocycles. The molecule has 3 heterocycles. The van der Waals surface area contributed by atoms with Crippen LogP contribution in [-0.2, 0) is 24.2 Å². The number of rotatable bonds is 5. The molecule has 0 saturated carbocycles. The summed E-state index contributed by atoms with van der Waals surface area (Å²) in [5.74, 6) is -0.874. The number of carbonyl (C=O) groups excluding carboxylic acids is 3. The summed E-state index contributed by atoms with van der Waals surface area (Å²) in [5, 5.41) is 2.76. The van der Waals surface area contributed by atoms with Gasteiger partial charge < -0.3 is 10.1 Å². The standard InChI is InChI=1S/C24H21N3O6S3/c1-33-16-8-6-14(7-9-16)25-19(28)12-26-18-5-3-2-4-17(18)20(22(26)29)21-23(30)27(24(34)35-21)15-10-11-36(31,32)13-15/h2-9,15H,10-13H2,1H3,(H,25,28)/b21-20+/t15-/m1/s1. The van der Waals surface area contributed by atoms with Gasteiger partial charge in [0.25, 0.3) is 11.8 Å². The minimum absolute atomic E-state index is 0.000516. The van der Waals surface area contributed by atoms with Crippen LogP contribution in [0.4, 0.5) is 11.4 Å². The van der Waals surface area contributed by atoms with Crippen molar-refractivity contribution in [3.8, 4) is 5.75 Å². The Balaban J connectivity index is 1.42. The number of hydrogen-bond donors (Lipinski definition) is 1. The molecular weight excluding hydrogens is 522 g/mol. The highest BCUT2D eigenvalue weighted by Crippen LogP contribution is 2.45. The second-order valence-corrected chi connectivity index (χ2v) is 12.4. The smallest absolute Gasteiger partial charge is 0.267 e. The summed E-state index contributed by atoms with van der Waals surface area (Å²) in [5.41, 5.74) is 1.76. The third-order valence-corrected chi connectivity index (χ3v) is 9.35. The highest BCUT2D eigenvalue weighted by Gasteiger charge is 2.46. The van der Waals surface area contributed by atoms with Crippen LogP contribution in [0.1, 0.15) is 12.0 Å². The molecule has 1 N–H and O–H groups in total. The van der Waals surface area contributed by atoms with Crippen molar-refractivity contribution in [1.29, 1.82) is 0 Å². The molecule has 5 rings (SSSR count). The van der Waals surface area contributed by atoms with E-state index >= 15 is 0 Å². The van der Waals surface area contributed by atoms with Gasteiger partial charge in [-0.3, -0.25) is 24.2 Å². The van der Waals surface area contributed by atoms with Crippen molar-refractivity contribution in [3.05, 3.63) is 59.0 Å². The molecule has 0 bridgehead atoms. The maximum absolute atomic E-state index is 13.6. The lowest BCUT2D eigenvalue weighted by Gasteiger charge is -2.21. The minimum Gasteiger partial charge on any atom is -0.497 e. The zero-order valence-electron chi connectivity index (χ0n) is 19.1. The lowest BCUT2D eigenvalue weighted by atomic mass is 10.1. The number of nitrogens with zero attached hydrogens (tertiary/aromatic N) is 2. The first-order valence-corrected chi connectivity index (χ1v) is 14.1. The predicted octanol–water partition coefficient (Wildman–Crippen LogP) is 2.44. The molecule has 12 heteroatoms. The molecule has 0 aromatic heterocycles. The minimum atomic E-state index is -3.23. The number of sulfone groups is 1. The Hall–Kier alpha value is -3.22. The van der Waals surface area contributed by atoms with E-state index in [9.17, 15) is 22.8 Å². The highest BCUT2D eigenvalue weighted by molar-refractivity contribution is 8.26. The molecule has 3 amide bonds. The Morgan fingerprint density at radius 2 is 1.86 bits per heavy atom. The number of fused-ring (bicyclic) bond motifs is 1. The van der Waals surface area contributed by atoms with Gasteiger partial charge in [0.1, 0.15) is 16.6 Å². The molecular formula is C24H21N3O6S3. The maximum Gasteiger partial charge on any atom is 0.267 e. The first-order valence-electron chi connectivity index (χ1n) is 11.0. The Labute approximate surface area is 217 Å². The molecule has 3 aliphatic rings. The van der Waals surface area contributed by atoms with Gasteiger partial charge in [-0.05, 0) is 36.8 Å². The fourth-order valence-corrected chi connectivity index (χ4v) is 7.67. The summed E-state index contributed by atoms with van der Waals surface area (Å²) in [6.07, 6.45) is 0.305. The molecule has 186 valence electrons. The van der Waals surface area contributed by atoms with Gasteiger partial charge in [0, 0.05) is 11.3 Å². The SMILES string of the molecule is COc1ccc(NC(=O)CN2C(=O)/C(=C3/SC(=S)N([C@@H]4CCS(=O)(=O)C4)C3=O)c3ccccc32)cc1. The van der Waals surface area contributed by atoms with Crippen molar-refractivity contribution in [3.63, 3.8) is 0 Å². The van der Waals surface area contributed by atoms with Gasteiger partial charge in [-0.1, -0.05) is 42.2 Å². The Bertz CT molecular complexity index is 1440. The largest absolute Gasteiger partial charge is 0.497 e. The van der Waals surface area contributed by atoms with Crippen LogP contribution >= 0.6 is 24.0 Å². The van der Waals surface area contributed by atoms with E-state index < -0.39 is 33.6 Å². The Morgan fingerprint density at radius 3 is 2.53 bits per heavy atom. The Morgan fingerprint density at radius 1 is 1.14 bits per heavy atom. The van der Waals surface area contributed by atoms with Crippen LogP contribution < -0.4 is 15.0 Å². The van der Waals surface area contributed by atoms with Gasteiger partial charge in [-0.15, -0.1) is 0 Å². The van der Waals surface area contributed by atoms with Crippen molar-refractivity contribution in [1.82, 2.24) is 4.90 Å². The fourth-order valence-electron chi connectivity index (χ4n) is 4.50. The summed E-state index contributed by atoms with van der Waals surface area (Å²) >= 11 is 6.40. The van der Waals surface area contributed by atoms with Crippen molar-refractivity contribution in [2.45, 2.75) is 12.5 Å². The van der Waals surface area contributed by atoms with E-state index in [4.69, 9.17) is 17.0 Å². The number of thiocarbonyl (C=S) groups is 1. The molecule has 36 heavy (non-hydrogen) atoms. The topological polar surface area (TPSA) is 113 Å². The quantitative estimate of drug-likeness (QED) is 0.452. The third-order valence-electron chi connectivity index (χ3n) is 6.20. The van der Waals surface area contributed by atoms with Crippen LogP contribution in [0, 0.1) is 0 Å². The van der Waals surface area contributed by atoms with Gasteiger partial charge >= 0.3 is 0 Å². The van der Waals surface area contributed by atoms with Crippen molar-refractivity contribution >= 4 is 72.8 Å². The normalized spacial score (nSPS) is 22.8. The van der Waals surface area contributed by atoms with Crippen LogP contribution in [-0.4, -0.2) is 66.6 Å². The van der Waals surface area contributed by atoms with Crippen molar-refractivity contribution in [2.24, 2.45) is 0 Å². The number of hydrogen-bond acceptors (Lipinski definition) is 8. The molecule has 0 unspecified atom stereocenters. The highest BCUT2D eigenvalue weighted by atomic mass is 32.2. The molecule has 9 nitrogen and oxygen atoms in total. The van der Waals surface area contributed by atoms with Gasteiger partial charge in [0.15, 0.2) is 9.84 Å². The van der Waals surface area contributed by atoms with E-state index in [1.165, 1.54) is 9.80 Å². The van der Waals surface area contributed by atoms with E-state index in [-0.39, 0.29) is 32.8 Å². The summed E-state index contributed by atoms with van der Waals surface area (Å²) in [7, 11) is -1.69. The van der Waals surface area contributed by atoms with Gasteiger partial charge in [-0.2, -0.15) is 0 Å². The number of ether oxygens (including phenoxy) is 1. The molecule has 2 saturated heterocycles. The second kappa shape index (κ2) is 9.34. The molecule has 0 radical (unpaired) electrons. The Kier molecular flexibility index (Phi) is 6.35. The number of thioether (sulfide) groups is 1. The van der Waals surface area contributed by atoms with Crippen LogP contribution in [0.25, 0.3) is 5.57 Å². The average molecular weight is 544 g/mol. The molecule has 2 aromatic rings. The summed E-state index contributed by atoms with van der Waals surface area (Å²) in [6.45, 7) is -0.257. The lowest BCUT2D eigenvalue weighted by molar-refractivity contribution is -0.123. The monoisotopic (exact) mass is 543 g/mol. The van der Waals surface area contributed by atoms with E-state index in [1.54, 1.807) is 55.6 Å². The van der Waals surface area contributed by atoms with E-state index in [0.29, 0.717) is 29.1 Å². The maximum atomic E-state index is 13.6. The summed E-state index contributed by atoms with van der Waals surface area (Å²) in [4.78, 5) is 42.5. The molecule has 2 aromatic carbocycles. The predicted molar refractivity (Wildman–Crippen MR) is 141 cm³/mol. The van der Waals surface area contributed by atoms with Gasteiger partial charge in [-0.25, -0.2) is 8.42 Å². The van der Waals surface area contributed by atoms with Crippen LogP contribution in [0.5, 0.6) is 5.75 Å². The number of methoxy groups -OCH3 is 1.